The largest absolute Gasteiger partial charge is 0.330 e. The second-order valence-corrected chi connectivity index (χ2v) is 2.80. The zero-order chi connectivity index (χ0) is 8.27. The van der Waals surface area contributed by atoms with Crippen LogP contribution in [-0.2, 0) is 0 Å². The van der Waals surface area contributed by atoms with Crippen molar-refractivity contribution in [1.82, 2.24) is 0 Å². The molecule has 1 heterocycles. The summed E-state index contributed by atoms with van der Waals surface area (Å²) in [5.41, 5.74) is 7.31. The number of nitrogens with two attached hydrogens (primary N) is 1. The normalized spacial score (nSPS) is 16.7. The van der Waals surface area contributed by atoms with Crippen LogP contribution in [0.5, 0.6) is 0 Å². The molecule has 0 spiro atoms. The fraction of sp³-hybridized carbons (Fsp3) is 0.571. The lowest BCUT2D eigenvalue weighted by Gasteiger charge is -1.96. The molecule has 0 unspecified atom stereocenters. The molecule has 3 nitrogen and oxygen atoms in total. The number of aliphatic imine (C=N–C) groups is 2. The Morgan fingerprint density at radius 2 is 2.18 bits per heavy atom. The quantitative estimate of drug-likeness (QED) is 0.639. The first-order valence-corrected chi connectivity index (χ1v) is 4.02. The van der Waals surface area contributed by atoms with Gasteiger partial charge in [0.2, 0.25) is 5.11 Å². The van der Waals surface area contributed by atoms with E-state index in [0.717, 1.165) is 24.3 Å². The smallest absolute Gasteiger partial charge is 0.219 e. The van der Waals surface area contributed by atoms with Gasteiger partial charge >= 0.3 is 0 Å². The van der Waals surface area contributed by atoms with Crippen LogP contribution in [0, 0.1) is 0 Å². The van der Waals surface area contributed by atoms with Crippen molar-refractivity contribution in [2.24, 2.45) is 15.7 Å². The average molecular weight is 169 g/mol. The van der Waals surface area contributed by atoms with Crippen molar-refractivity contribution in [1.29, 1.82) is 0 Å². The van der Waals surface area contributed by atoms with Gasteiger partial charge in [-0.25, -0.2) is 9.98 Å². The Bertz CT molecular complexity index is 230. The lowest BCUT2D eigenvalue weighted by Crippen LogP contribution is -2.09. The average Bonchev–Trinajstić information content (AvgIpc) is 2.26. The summed E-state index contributed by atoms with van der Waals surface area (Å²) in [5, 5.41) is 0.453. The number of rotatable bonds is 3. The molecule has 60 valence electrons. The lowest BCUT2D eigenvalue weighted by atomic mass is 10.1. The molecule has 2 N–H and O–H groups in total. The van der Waals surface area contributed by atoms with Crippen molar-refractivity contribution in [3.05, 3.63) is 0 Å². The summed E-state index contributed by atoms with van der Waals surface area (Å²) in [6.45, 7) is 2.62. The van der Waals surface area contributed by atoms with Gasteiger partial charge in [0.15, 0.2) is 0 Å². The van der Waals surface area contributed by atoms with Crippen LogP contribution in [0.4, 0.5) is 0 Å². The van der Waals surface area contributed by atoms with E-state index in [1.165, 1.54) is 0 Å². The molecule has 1 aliphatic rings. The van der Waals surface area contributed by atoms with Crippen LogP contribution in [-0.4, -0.2) is 23.1 Å². The molecule has 1 aliphatic heterocycles. The highest BCUT2D eigenvalue weighted by Crippen LogP contribution is 2.04. The van der Waals surface area contributed by atoms with Crippen molar-refractivity contribution in [3.8, 4) is 0 Å². The highest BCUT2D eigenvalue weighted by molar-refractivity contribution is 7.80. The van der Waals surface area contributed by atoms with Gasteiger partial charge in [0.1, 0.15) is 0 Å². The maximum Gasteiger partial charge on any atom is 0.219 e. The molecule has 0 bridgehead atoms. The standard InChI is InChI=1S/C7H11N3S/c1-5-6(3-2-4-8)10-7(11)9-5/h2-4,8H2,1H3. The number of nitrogens with zero attached hydrogens (tertiary/aromatic N) is 2. The predicted octanol–water partition coefficient (Wildman–Crippen LogP) is 0.926. The molecule has 0 atom stereocenters. The van der Waals surface area contributed by atoms with E-state index in [-0.39, 0.29) is 0 Å². The molecule has 0 radical (unpaired) electrons. The molecular formula is C7H11N3S. The first kappa shape index (κ1) is 8.49. The molecule has 0 saturated heterocycles. The van der Waals surface area contributed by atoms with Crippen LogP contribution in [0.1, 0.15) is 19.8 Å². The van der Waals surface area contributed by atoms with Crippen molar-refractivity contribution < 1.29 is 0 Å². The molecule has 11 heavy (non-hydrogen) atoms. The summed E-state index contributed by atoms with van der Waals surface area (Å²) in [7, 11) is 0. The Morgan fingerprint density at radius 1 is 1.45 bits per heavy atom. The van der Waals surface area contributed by atoms with E-state index in [1.54, 1.807) is 0 Å². The SMILES string of the molecule is CC1=NC(=S)N=C1CCCN. The van der Waals surface area contributed by atoms with Gasteiger partial charge in [0.25, 0.3) is 0 Å². The Kier molecular flexibility index (Phi) is 2.84. The Labute approximate surface area is 71.4 Å². The van der Waals surface area contributed by atoms with E-state index in [2.05, 4.69) is 9.98 Å². The van der Waals surface area contributed by atoms with Crippen molar-refractivity contribution >= 4 is 28.8 Å². The topological polar surface area (TPSA) is 50.7 Å². The molecular weight excluding hydrogens is 158 g/mol. The van der Waals surface area contributed by atoms with Gasteiger partial charge in [-0.3, -0.25) is 0 Å². The maximum absolute atomic E-state index is 5.36. The van der Waals surface area contributed by atoms with Crippen LogP contribution in [0.2, 0.25) is 0 Å². The lowest BCUT2D eigenvalue weighted by molar-refractivity contribution is 0.882. The summed E-state index contributed by atoms with van der Waals surface area (Å²) in [5.74, 6) is 0. The Balaban J connectivity index is 2.53. The fourth-order valence-corrected chi connectivity index (χ4v) is 1.18. The summed E-state index contributed by atoms with van der Waals surface area (Å²) in [4.78, 5) is 8.12. The summed E-state index contributed by atoms with van der Waals surface area (Å²) >= 11 is 4.82. The minimum absolute atomic E-state index is 0.453. The molecule has 4 heteroatoms. The zero-order valence-electron chi connectivity index (χ0n) is 6.50. The van der Waals surface area contributed by atoms with E-state index < -0.39 is 0 Å². The summed E-state index contributed by atoms with van der Waals surface area (Å²) in [6, 6.07) is 0. The monoisotopic (exact) mass is 169 g/mol. The second kappa shape index (κ2) is 3.69. The molecule has 0 aromatic rings. The summed E-state index contributed by atoms with van der Waals surface area (Å²) < 4.78 is 0. The zero-order valence-corrected chi connectivity index (χ0v) is 7.32. The van der Waals surface area contributed by atoms with Crippen molar-refractivity contribution in [2.75, 3.05) is 6.54 Å². The van der Waals surface area contributed by atoms with Gasteiger partial charge in [-0.15, -0.1) is 0 Å². The Hall–Kier alpha value is -0.610. The van der Waals surface area contributed by atoms with E-state index in [4.69, 9.17) is 18.0 Å². The van der Waals surface area contributed by atoms with E-state index in [1.807, 2.05) is 6.92 Å². The van der Waals surface area contributed by atoms with Gasteiger partial charge in [-0.05, 0) is 38.5 Å². The van der Waals surface area contributed by atoms with Crippen molar-refractivity contribution in [3.63, 3.8) is 0 Å². The van der Waals surface area contributed by atoms with Crippen LogP contribution in [0.3, 0.4) is 0 Å². The fourth-order valence-electron chi connectivity index (χ4n) is 0.936. The third-order valence-electron chi connectivity index (χ3n) is 1.53. The molecule has 0 aliphatic carbocycles. The van der Waals surface area contributed by atoms with Crippen LogP contribution in [0.25, 0.3) is 0 Å². The number of hydrogen-bond acceptors (Lipinski definition) is 2. The third kappa shape index (κ3) is 2.17. The van der Waals surface area contributed by atoms with Gasteiger partial charge in [-0.2, -0.15) is 0 Å². The third-order valence-corrected chi connectivity index (χ3v) is 1.71. The van der Waals surface area contributed by atoms with Crippen LogP contribution in [0.15, 0.2) is 9.98 Å². The van der Waals surface area contributed by atoms with Crippen LogP contribution < -0.4 is 5.73 Å². The number of hydrogen-bond donors (Lipinski definition) is 1. The molecule has 0 fully saturated rings. The van der Waals surface area contributed by atoms with E-state index >= 15 is 0 Å². The van der Waals surface area contributed by atoms with Crippen LogP contribution >= 0.6 is 12.2 Å². The molecule has 0 amide bonds. The maximum atomic E-state index is 5.36. The molecule has 0 aromatic heterocycles. The predicted molar refractivity (Wildman–Crippen MR) is 51.4 cm³/mol. The minimum Gasteiger partial charge on any atom is -0.330 e. The Morgan fingerprint density at radius 3 is 2.64 bits per heavy atom. The highest BCUT2D eigenvalue weighted by atomic mass is 32.1. The first-order valence-electron chi connectivity index (χ1n) is 3.61. The second-order valence-electron chi connectivity index (χ2n) is 2.43. The molecule has 0 aromatic carbocycles. The highest BCUT2D eigenvalue weighted by Gasteiger charge is 2.11. The van der Waals surface area contributed by atoms with Crippen molar-refractivity contribution in [2.45, 2.75) is 19.8 Å². The van der Waals surface area contributed by atoms with E-state index in [0.29, 0.717) is 11.7 Å². The minimum atomic E-state index is 0.453. The summed E-state index contributed by atoms with van der Waals surface area (Å²) in [6.07, 6.45) is 1.85. The first-order chi connectivity index (χ1) is 5.24. The van der Waals surface area contributed by atoms with E-state index in [9.17, 15) is 0 Å². The van der Waals surface area contributed by atoms with Gasteiger partial charge in [0, 0.05) is 0 Å². The van der Waals surface area contributed by atoms with Gasteiger partial charge in [0.05, 0.1) is 11.4 Å². The molecule has 0 saturated carbocycles. The van der Waals surface area contributed by atoms with Gasteiger partial charge < -0.3 is 5.73 Å². The van der Waals surface area contributed by atoms with Gasteiger partial charge in [-0.1, -0.05) is 0 Å². The molecule has 1 rings (SSSR count). The number of thiocarbonyl (C=S) groups is 1.